The topological polar surface area (TPSA) is 53.1 Å². The van der Waals surface area contributed by atoms with E-state index in [0.717, 1.165) is 6.07 Å². The van der Waals surface area contributed by atoms with Crippen molar-refractivity contribution in [2.45, 2.75) is 18.4 Å². The van der Waals surface area contributed by atoms with Gasteiger partial charge < -0.3 is 10.1 Å². The van der Waals surface area contributed by atoms with Crippen molar-refractivity contribution in [2.24, 2.45) is 0 Å². The lowest BCUT2D eigenvalue weighted by Gasteiger charge is -2.10. The Hall–Kier alpha value is -0.750. The molecule has 0 amide bonds. The summed E-state index contributed by atoms with van der Waals surface area (Å²) in [5, 5.41) is 8.93. The Bertz CT molecular complexity index is 350. The molecule has 0 aliphatic carbocycles. The van der Waals surface area contributed by atoms with Crippen LogP contribution in [0.2, 0.25) is 0 Å². The van der Waals surface area contributed by atoms with E-state index in [0.29, 0.717) is 0 Å². The molecular weight excluding hydrogens is 260 g/mol. The average Bonchev–Trinajstić information content (AvgIpc) is 2.15. The number of aliphatic hydroxyl groups is 1. The second-order valence-electron chi connectivity index (χ2n) is 2.64. The van der Waals surface area contributed by atoms with Gasteiger partial charge in [-0.15, -0.1) is 0 Å². The van der Waals surface area contributed by atoms with Crippen LogP contribution in [0, 0.1) is 0 Å². The van der Waals surface area contributed by atoms with Crippen LogP contribution in [0.15, 0.2) is 10.9 Å². The van der Waals surface area contributed by atoms with Crippen LogP contribution in [0.4, 0.5) is 8.78 Å². The van der Waals surface area contributed by atoms with Gasteiger partial charge in [0.2, 0.25) is 5.56 Å². The van der Waals surface area contributed by atoms with Crippen molar-refractivity contribution in [1.29, 1.82) is 0 Å². The van der Waals surface area contributed by atoms with Crippen LogP contribution in [-0.4, -0.2) is 10.1 Å². The average molecular weight is 268 g/mol. The number of nitrogens with one attached hydrogen (secondary N) is 1. The van der Waals surface area contributed by atoms with E-state index in [4.69, 9.17) is 5.11 Å². The molecule has 0 radical (unpaired) electrons. The molecule has 0 saturated heterocycles. The predicted octanol–water partition coefficient (Wildman–Crippen LogP) is 1.70. The number of H-pyrrole nitrogens is 1. The van der Waals surface area contributed by atoms with Crippen LogP contribution in [0.1, 0.15) is 23.2 Å². The van der Waals surface area contributed by atoms with Crippen molar-refractivity contribution in [1.82, 2.24) is 4.98 Å². The molecule has 0 saturated carbocycles. The second kappa shape index (κ2) is 4.65. The van der Waals surface area contributed by atoms with Crippen molar-refractivity contribution in [3.63, 3.8) is 0 Å². The maximum absolute atomic E-state index is 12.5. The SMILES string of the molecule is O=c1cc(CO)c(C(F)F)c(CBr)[nH]1. The van der Waals surface area contributed by atoms with E-state index in [2.05, 4.69) is 20.9 Å². The molecule has 1 heterocycles. The summed E-state index contributed by atoms with van der Waals surface area (Å²) in [6.07, 6.45) is -2.71. The van der Waals surface area contributed by atoms with Gasteiger partial charge in [-0.25, -0.2) is 8.78 Å². The fraction of sp³-hybridized carbons (Fsp3) is 0.375. The Balaban J connectivity index is 3.40. The third kappa shape index (κ3) is 2.19. The number of aliphatic hydroxyl groups excluding tert-OH is 1. The molecule has 14 heavy (non-hydrogen) atoms. The maximum atomic E-state index is 12.5. The summed E-state index contributed by atoms with van der Waals surface area (Å²) < 4.78 is 25.1. The first kappa shape index (κ1) is 11.3. The highest BCUT2D eigenvalue weighted by molar-refractivity contribution is 9.08. The van der Waals surface area contributed by atoms with E-state index in [1.807, 2.05) is 0 Å². The molecule has 6 heteroatoms. The van der Waals surface area contributed by atoms with Gasteiger partial charge in [-0.3, -0.25) is 4.79 Å². The van der Waals surface area contributed by atoms with E-state index < -0.39 is 18.6 Å². The summed E-state index contributed by atoms with van der Waals surface area (Å²) in [5.41, 5.74) is -0.716. The molecule has 1 aromatic rings. The molecule has 1 rings (SSSR count). The van der Waals surface area contributed by atoms with Crippen molar-refractivity contribution in [3.05, 3.63) is 33.2 Å². The highest BCUT2D eigenvalue weighted by Gasteiger charge is 2.18. The lowest BCUT2D eigenvalue weighted by atomic mass is 10.1. The molecule has 3 nitrogen and oxygen atoms in total. The fourth-order valence-electron chi connectivity index (χ4n) is 1.19. The minimum Gasteiger partial charge on any atom is -0.392 e. The highest BCUT2D eigenvalue weighted by atomic mass is 79.9. The van der Waals surface area contributed by atoms with Crippen LogP contribution in [0.25, 0.3) is 0 Å². The van der Waals surface area contributed by atoms with Gasteiger partial charge in [-0.1, -0.05) is 15.9 Å². The van der Waals surface area contributed by atoms with Gasteiger partial charge in [0.25, 0.3) is 6.43 Å². The Morgan fingerprint density at radius 2 is 2.21 bits per heavy atom. The lowest BCUT2D eigenvalue weighted by molar-refractivity contribution is 0.145. The number of rotatable bonds is 3. The fourth-order valence-corrected chi connectivity index (χ4v) is 1.63. The van der Waals surface area contributed by atoms with Gasteiger partial charge in [-0.05, 0) is 5.56 Å². The monoisotopic (exact) mass is 267 g/mol. The molecule has 2 N–H and O–H groups in total. The first-order chi connectivity index (χ1) is 6.60. The van der Waals surface area contributed by atoms with E-state index in [1.54, 1.807) is 0 Å². The number of hydrogen-bond acceptors (Lipinski definition) is 2. The van der Waals surface area contributed by atoms with Crippen LogP contribution < -0.4 is 5.56 Å². The normalized spacial score (nSPS) is 10.9. The number of hydrogen-bond donors (Lipinski definition) is 2. The third-order valence-electron chi connectivity index (χ3n) is 1.77. The number of halogens is 3. The first-order valence-electron chi connectivity index (χ1n) is 3.80. The summed E-state index contributed by atoms with van der Waals surface area (Å²) in [7, 11) is 0. The Morgan fingerprint density at radius 1 is 1.57 bits per heavy atom. The molecule has 0 fully saturated rings. The van der Waals surface area contributed by atoms with Gasteiger partial charge in [0.1, 0.15) is 0 Å². The first-order valence-corrected chi connectivity index (χ1v) is 4.92. The summed E-state index contributed by atoms with van der Waals surface area (Å²) in [6, 6.07) is 0.980. The molecule has 0 aliphatic heterocycles. The van der Waals surface area contributed by atoms with E-state index >= 15 is 0 Å². The summed E-state index contributed by atoms with van der Waals surface area (Å²) >= 11 is 2.99. The molecule has 0 aliphatic rings. The lowest BCUT2D eigenvalue weighted by Crippen LogP contribution is -2.13. The predicted molar refractivity (Wildman–Crippen MR) is 50.6 cm³/mol. The van der Waals surface area contributed by atoms with Gasteiger partial charge in [-0.2, -0.15) is 0 Å². The summed E-state index contributed by atoms with van der Waals surface area (Å²) in [5.74, 6) is 0. The molecule has 78 valence electrons. The van der Waals surface area contributed by atoms with E-state index in [9.17, 15) is 13.6 Å². The Labute approximate surface area is 86.9 Å². The van der Waals surface area contributed by atoms with E-state index in [-0.39, 0.29) is 22.2 Å². The highest BCUT2D eigenvalue weighted by Crippen LogP contribution is 2.25. The Morgan fingerprint density at radius 3 is 2.64 bits per heavy atom. The molecule has 1 aromatic heterocycles. The minimum absolute atomic E-state index is 0.0294. The Kier molecular flexibility index (Phi) is 3.77. The van der Waals surface area contributed by atoms with Gasteiger partial charge in [0.15, 0.2) is 0 Å². The molecule has 0 unspecified atom stereocenters. The van der Waals surface area contributed by atoms with Crippen molar-refractivity contribution < 1.29 is 13.9 Å². The van der Waals surface area contributed by atoms with Crippen LogP contribution in [0.5, 0.6) is 0 Å². The van der Waals surface area contributed by atoms with Gasteiger partial charge in [0, 0.05) is 22.7 Å². The zero-order valence-electron chi connectivity index (χ0n) is 7.06. The molecule has 0 spiro atoms. The summed E-state index contributed by atoms with van der Waals surface area (Å²) in [6.45, 7) is -0.566. The molecule has 0 bridgehead atoms. The standard InChI is InChI=1S/C8H8BrF2NO2/c9-2-5-7(8(10)11)4(3-13)1-6(14)12-5/h1,8,13H,2-3H2,(H,12,14). The van der Waals surface area contributed by atoms with Crippen LogP contribution in [-0.2, 0) is 11.9 Å². The number of pyridine rings is 1. The van der Waals surface area contributed by atoms with Crippen LogP contribution >= 0.6 is 15.9 Å². The van der Waals surface area contributed by atoms with Crippen molar-refractivity contribution >= 4 is 15.9 Å². The number of alkyl halides is 3. The van der Waals surface area contributed by atoms with Gasteiger partial charge in [0.05, 0.1) is 6.61 Å². The van der Waals surface area contributed by atoms with Crippen molar-refractivity contribution in [2.75, 3.05) is 0 Å². The zero-order chi connectivity index (χ0) is 10.7. The third-order valence-corrected chi connectivity index (χ3v) is 2.33. The number of aromatic amines is 1. The molecule has 0 atom stereocenters. The summed E-state index contributed by atoms with van der Waals surface area (Å²) in [4.78, 5) is 13.3. The van der Waals surface area contributed by atoms with E-state index in [1.165, 1.54) is 0 Å². The smallest absolute Gasteiger partial charge is 0.265 e. The molecular formula is C8H8BrF2NO2. The number of aromatic nitrogens is 1. The second-order valence-corrected chi connectivity index (χ2v) is 3.20. The van der Waals surface area contributed by atoms with Crippen molar-refractivity contribution in [3.8, 4) is 0 Å². The van der Waals surface area contributed by atoms with Crippen LogP contribution in [0.3, 0.4) is 0 Å². The minimum atomic E-state index is -2.71. The largest absolute Gasteiger partial charge is 0.392 e. The molecule has 0 aromatic carbocycles. The zero-order valence-corrected chi connectivity index (χ0v) is 8.64. The van der Waals surface area contributed by atoms with Gasteiger partial charge >= 0.3 is 0 Å². The maximum Gasteiger partial charge on any atom is 0.265 e. The quantitative estimate of drug-likeness (QED) is 0.820.